The van der Waals surface area contributed by atoms with E-state index in [4.69, 9.17) is 14.6 Å². The number of carboxylic acid groups (broad SMARTS) is 1. The molecule has 110 valence electrons. The first-order valence-corrected chi connectivity index (χ1v) is 6.35. The Hall–Kier alpha value is -1.30. The quantitative estimate of drug-likeness (QED) is 0.833. The first-order valence-electron chi connectivity index (χ1n) is 6.35. The maximum atomic E-state index is 12.1. The van der Waals surface area contributed by atoms with Crippen LogP contribution in [0.2, 0.25) is 0 Å². The Morgan fingerprint density at radius 2 is 1.95 bits per heavy atom. The van der Waals surface area contributed by atoms with E-state index in [9.17, 15) is 9.59 Å². The fourth-order valence-electron chi connectivity index (χ4n) is 1.90. The molecular formula is C13H23NO5. The van der Waals surface area contributed by atoms with Gasteiger partial charge >= 0.3 is 12.1 Å². The third-order valence-electron chi connectivity index (χ3n) is 3.01. The molecule has 6 nitrogen and oxygen atoms in total. The lowest BCUT2D eigenvalue weighted by Crippen LogP contribution is -2.46. The van der Waals surface area contributed by atoms with E-state index in [0.29, 0.717) is 0 Å². The molecule has 1 aliphatic heterocycles. The van der Waals surface area contributed by atoms with Gasteiger partial charge in [-0.2, -0.15) is 0 Å². The second kappa shape index (κ2) is 5.00. The van der Waals surface area contributed by atoms with Crippen LogP contribution in [-0.2, 0) is 14.3 Å². The summed E-state index contributed by atoms with van der Waals surface area (Å²) in [6.07, 6.45) is -1.02. The molecule has 0 radical (unpaired) electrons. The lowest BCUT2D eigenvalue weighted by atomic mass is 10.1. The van der Waals surface area contributed by atoms with E-state index < -0.39 is 35.4 Å². The Bertz CT molecular complexity index is 372. The molecule has 1 aliphatic rings. The smallest absolute Gasteiger partial charge is 0.412 e. The predicted octanol–water partition coefficient (Wildman–Crippen LogP) is 2.08. The van der Waals surface area contributed by atoms with Gasteiger partial charge < -0.3 is 14.6 Å². The van der Waals surface area contributed by atoms with Gasteiger partial charge in [-0.1, -0.05) is 0 Å². The van der Waals surface area contributed by atoms with Crippen LogP contribution in [-0.4, -0.2) is 46.0 Å². The van der Waals surface area contributed by atoms with E-state index in [1.807, 2.05) is 0 Å². The molecule has 0 bridgehead atoms. The Kier molecular flexibility index (Phi) is 4.14. The number of rotatable bonds is 2. The first kappa shape index (κ1) is 15.8. The van der Waals surface area contributed by atoms with Gasteiger partial charge in [0.05, 0.1) is 18.6 Å². The van der Waals surface area contributed by atoms with Crippen molar-refractivity contribution in [3.05, 3.63) is 0 Å². The van der Waals surface area contributed by atoms with Crippen LogP contribution in [0.4, 0.5) is 4.79 Å². The molecule has 1 saturated heterocycles. The van der Waals surface area contributed by atoms with Gasteiger partial charge in [-0.25, -0.2) is 4.79 Å². The average molecular weight is 273 g/mol. The highest BCUT2D eigenvalue weighted by molar-refractivity contribution is 5.72. The summed E-state index contributed by atoms with van der Waals surface area (Å²) in [5, 5.41) is 9.01. The molecule has 19 heavy (non-hydrogen) atoms. The lowest BCUT2D eigenvalue weighted by molar-refractivity contribution is -0.148. The highest BCUT2D eigenvalue weighted by atomic mass is 16.6. The number of nitrogens with zero attached hydrogens (tertiary/aromatic N) is 1. The van der Waals surface area contributed by atoms with E-state index in [0.717, 1.165) is 0 Å². The van der Waals surface area contributed by atoms with Crippen molar-refractivity contribution < 1.29 is 24.2 Å². The summed E-state index contributed by atoms with van der Waals surface area (Å²) in [5.74, 6) is -1.61. The highest BCUT2D eigenvalue weighted by Gasteiger charge is 2.46. The van der Waals surface area contributed by atoms with Crippen LogP contribution in [0.3, 0.4) is 0 Å². The molecule has 1 heterocycles. The molecule has 0 spiro atoms. The van der Waals surface area contributed by atoms with Gasteiger partial charge in [-0.3, -0.25) is 9.69 Å². The average Bonchev–Trinajstić information content (AvgIpc) is 2.50. The van der Waals surface area contributed by atoms with Gasteiger partial charge in [0.1, 0.15) is 11.3 Å². The summed E-state index contributed by atoms with van der Waals surface area (Å²) in [4.78, 5) is 24.5. The third kappa shape index (κ3) is 3.83. The molecule has 1 amide bonds. The number of carbonyl (C=O) groups is 2. The van der Waals surface area contributed by atoms with Crippen LogP contribution in [0.5, 0.6) is 0 Å². The Labute approximate surface area is 113 Å². The van der Waals surface area contributed by atoms with Crippen molar-refractivity contribution in [1.29, 1.82) is 0 Å². The van der Waals surface area contributed by atoms with Gasteiger partial charge in [0.15, 0.2) is 0 Å². The molecule has 1 fully saturated rings. The van der Waals surface area contributed by atoms with Crippen LogP contribution in [0.25, 0.3) is 0 Å². The minimum Gasteiger partial charge on any atom is -0.481 e. The highest BCUT2D eigenvalue weighted by Crippen LogP contribution is 2.31. The summed E-state index contributed by atoms with van der Waals surface area (Å²) in [7, 11) is 0. The van der Waals surface area contributed by atoms with Crippen molar-refractivity contribution in [2.24, 2.45) is 5.92 Å². The minimum atomic E-state index is -0.938. The van der Waals surface area contributed by atoms with Crippen molar-refractivity contribution in [2.75, 3.05) is 6.54 Å². The fourth-order valence-corrected chi connectivity index (χ4v) is 1.90. The van der Waals surface area contributed by atoms with Gasteiger partial charge in [-0.15, -0.1) is 0 Å². The molecule has 0 aromatic carbocycles. The number of hydrogen-bond acceptors (Lipinski definition) is 4. The van der Waals surface area contributed by atoms with Crippen molar-refractivity contribution in [1.82, 2.24) is 4.90 Å². The lowest BCUT2D eigenvalue weighted by Gasteiger charge is -2.31. The topological polar surface area (TPSA) is 76.1 Å². The fraction of sp³-hybridized carbons (Fsp3) is 0.846. The number of carboxylic acids is 1. The molecule has 6 heteroatoms. The van der Waals surface area contributed by atoms with E-state index in [1.165, 1.54) is 4.90 Å². The summed E-state index contributed by atoms with van der Waals surface area (Å²) in [5.41, 5.74) is -1.46. The normalized spacial score (nSPS) is 24.1. The maximum absolute atomic E-state index is 12.1. The third-order valence-corrected chi connectivity index (χ3v) is 3.01. The zero-order chi connectivity index (χ0) is 15.0. The largest absolute Gasteiger partial charge is 0.481 e. The molecule has 1 N–H and O–H groups in total. The zero-order valence-electron chi connectivity index (χ0n) is 12.4. The summed E-state index contributed by atoms with van der Waals surface area (Å²) in [6, 6.07) is 0. The number of amides is 1. The molecule has 0 aliphatic carbocycles. The SMILES string of the molecule is C[C@H](C(=O)O)[C@@H]1CN(C(=O)OC(C)(C)C)C(C)(C)O1. The van der Waals surface area contributed by atoms with Crippen LogP contribution < -0.4 is 0 Å². The summed E-state index contributed by atoms with van der Waals surface area (Å²) >= 11 is 0. The van der Waals surface area contributed by atoms with Gasteiger partial charge in [-0.05, 0) is 41.5 Å². The van der Waals surface area contributed by atoms with E-state index >= 15 is 0 Å². The van der Waals surface area contributed by atoms with Crippen molar-refractivity contribution in [2.45, 2.75) is 59.0 Å². The Morgan fingerprint density at radius 1 is 1.42 bits per heavy atom. The molecule has 0 saturated carbocycles. The summed E-state index contributed by atoms with van der Waals surface area (Å²) in [6.45, 7) is 10.6. The van der Waals surface area contributed by atoms with Crippen LogP contribution in [0.1, 0.15) is 41.5 Å². The second-order valence-electron chi connectivity index (χ2n) is 6.32. The number of hydrogen-bond donors (Lipinski definition) is 1. The number of carbonyl (C=O) groups excluding carboxylic acids is 1. The minimum absolute atomic E-state index is 0.218. The van der Waals surface area contributed by atoms with Gasteiger partial charge in [0, 0.05) is 0 Å². The second-order valence-corrected chi connectivity index (χ2v) is 6.32. The first-order chi connectivity index (χ1) is 8.44. The Morgan fingerprint density at radius 3 is 2.37 bits per heavy atom. The molecule has 1 rings (SSSR count). The predicted molar refractivity (Wildman–Crippen MR) is 68.7 cm³/mol. The molecule has 0 aromatic heterocycles. The van der Waals surface area contributed by atoms with E-state index in [2.05, 4.69) is 0 Å². The standard InChI is InChI=1S/C13H23NO5/c1-8(10(15)16)9-7-14(13(5,6)18-9)11(17)19-12(2,3)4/h8-9H,7H2,1-6H3,(H,15,16)/t8-,9-/m0/s1. The van der Waals surface area contributed by atoms with Crippen LogP contribution >= 0.6 is 0 Å². The van der Waals surface area contributed by atoms with Crippen LogP contribution in [0.15, 0.2) is 0 Å². The Balaban J connectivity index is 2.80. The number of aliphatic carboxylic acids is 1. The zero-order valence-corrected chi connectivity index (χ0v) is 12.4. The molecule has 2 atom stereocenters. The number of ether oxygens (including phenoxy) is 2. The van der Waals surface area contributed by atoms with Gasteiger partial charge in [0.25, 0.3) is 0 Å². The van der Waals surface area contributed by atoms with Crippen molar-refractivity contribution >= 4 is 12.1 Å². The summed E-state index contributed by atoms with van der Waals surface area (Å²) < 4.78 is 11.0. The molecular weight excluding hydrogens is 250 g/mol. The van der Waals surface area contributed by atoms with Crippen LogP contribution in [0, 0.1) is 5.92 Å². The van der Waals surface area contributed by atoms with E-state index in [1.54, 1.807) is 41.5 Å². The molecule has 0 aromatic rings. The monoisotopic (exact) mass is 273 g/mol. The molecule has 0 unspecified atom stereocenters. The van der Waals surface area contributed by atoms with Crippen molar-refractivity contribution in [3.8, 4) is 0 Å². The van der Waals surface area contributed by atoms with E-state index in [-0.39, 0.29) is 6.54 Å². The van der Waals surface area contributed by atoms with Crippen molar-refractivity contribution in [3.63, 3.8) is 0 Å². The maximum Gasteiger partial charge on any atom is 0.412 e. The van der Waals surface area contributed by atoms with Gasteiger partial charge in [0.2, 0.25) is 0 Å².